The maximum absolute atomic E-state index is 5.84. The van der Waals surface area contributed by atoms with E-state index in [9.17, 15) is 0 Å². The predicted molar refractivity (Wildman–Crippen MR) is 63.5 cm³/mol. The highest BCUT2D eigenvalue weighted by Gasteiger charge is 2.05. The smallest absolute Gasteiger partial charge is 0.200 e. The van der Waals surface area contributed by atoms with Crippen molar-refractivity contribution in [2.45, 2.75) is 6.54 Å². The Morgan fingerprint density at radius 2 is 2.28 bits per heavy atom. The molecule has 3 N–H and O–H groups in total. The molecule has 0 atom stereocenters. The number of rotatable bonds is 3. The van der Waals surface area contributed by atoms with Gasteiger partial charge in [0.05, 0.1) is 6.20 Å². The van der Waals surface area contributed by atoms with Gasteiger partial charge in [-0.25, -0.2) is 0 Å². The van der Waals surface area contributed by atoms with Gasteiger partial charge >= 0.3 is 0 Å². The standard InChI is InChI=1S/C9H11N9/c1-17-9(10)6(5-12-17)4-11-7-2-3-8-13-15-16-18(8)14-7/h2-3,5H,4,10H2,1H3,(H,11,14). The predicted octanol–water partition coefficient (Wildman–Crippen LogP) is -0.553. The normalized spacial score (nSPS) is 10.9. The molecule has 18 heavy (non-hydrogen) atoms. The fourth-order valence-corrected chi connectivity index (χ4v) is 1.56. The fraction of sp³-hybridized carbons (Fsp3) is 0.222. The Morgan fingerprint density at radius 1 is 1.39 bits per heavy atom. The van der Waals surface area contributed by atoms with Crippen LogP contribution in [0.3, 0.4) is 0 Å². The minimum Gasteiger partial charge on any atom is -0.384 e. The molecule has 0 saturated heterocycles. The number of nitrogens with zero attached hydrogens (tertiary/aromatic N) is 7. The lowest BCUT2D eigenvalue weighted by molar-refractivity contribution is 0.734. The number of fused-ring (bicyclic) bond motifs is 1. The van der Waals surface area contributed by atoms with Crippen molar-refractivity contribution in [3.05, 3.63) is 23.9 Å². The number of hydrogen-bond acceptors (Lipinski definition) is 7. The van der Waals surface area contributed by atoms with Crippen LogP contribution in [0.15, 0.2) is 18.3 Å². The monoisotopic (exact) mass is 245 g/mol. The Morgan fingerprint density at radius 3 is 3.06 bits per heavy atom. The van der Waals surface area contributed by atoms with Gasteiger partial charge in [0.2, 0.25) is 0 Å². The van der Waals surface area contributed by atoms with E-state index in [2.05, 4.69) is 31.0 Å². The molecule has 3 aromatic rings. The molecule has 9 nitrogen and oxygen atoms in total. The number of nitrogen functional groups attached to an aromatic ring is 1. The van der Waals surface area contributed by atoms with Gasteiger partial charge in [-0.15, -0.1) is 14.8 Å². The van der Waals surface area contributed by atoms with Gasteiger partial charge in [-0.3, -0.25) is 4.68 Å². The Labute approximate surface area is 102 Å². The summed E-state index contributed by atoms with van der Waals surface area (Å²) < 4.78 is 2.98. The second-order valence-corrected chi connectivity index (χ2v) is 3.78. The van der Waals surface area contributed by atoms with Crippen LogP contribution < -0.4 is 11.1 Å². The molecule has 0 radical (unpaired) electrons. The van der Waals surface area contributed by atoms with Crippen molar-refractivity contribution in [1.29, 1.82) is 0 Å². The van der Waals surface area contributed by atoms with Gasteiger partial charge in [0.1, 0.15) is 11.6 Å². The molecule has 0 spiro atoms. The minimum atomic E-state index is 0.542. The molecule has 0 bridgehead atoms. The van der Waals surface area contributed by atoms with E-state index >= 15 is 0 Å². The molecule has 0 saturated carbocycles. The van der Waals surface area contributed by atoms with E-state index in [1.807, 2.05) is 0 Å². The van der Waals surface area contributed by atoms with Crippen LogP contribution in [0.25, 0.3) is 5.65 Å². The van der Waals surface area contributed by atoms with Crippen molar-refractivity contribution in [3.8, 4) is 0 Å². The fourth-order valence-electron chi connectivity index (χ4n) is 1.56. The van der Waals surface area contributed by atoms with Crippen LogP contribution in [0.2, 0.25) is 0 Å². The SMILES string of the molecule is Cn1ncc(CNc2ccc3nnnn3n2)c1N. The largest absolute Gasteiger partial charge is 0.384 e. The Hall–Kier alpha value is -2.71. The Bertz CT molecular complexity index is 682. The third-order valence-corrected chi connectivity index (χ3v) is 2.59. The summed E-state index contributed by atoms with van der Waals surface area (Å²) in [5, 5.41) is 22.4. The molecule has 3 heterocycles. The summed E-state index contributed by atoms with van der Waals surface area (Å²) in [6.07, 6.45) is 1.72. The summed E-state index contributed by atoms with van der Waals surface area (Å²) in [5.41, 5.74) is 7.35. The van der Waals surface area contributed by atoms with Crippen molar-refractivity contribution < 1.29 is 0 Å². The number of anilines is 2. The molecule has 0 unspecified atom stereocenters. The van der Waals surface area contributed by atoms with Crippen molar-refractivity contribution in [3.63, 3.8) is 0 Å². The maximum atomic E-state index is 5.84. The van der Waals surface area contributed by atoms with Crippen molar-refractivity contribution >= 4 is 17.3 Å². The number of aryl methyl sites for hydroxylation is 1. The first-order valence-electron chi connectivity index (χ1n) is 5.29. The third-order valence-electron chi connectivity index (χ3n) is 2.59. The molecular formula is C9H11N9. The lowest BCUT2D eigenvalue weighted by Gasteiger charge is -2.04. The molecule has 0 aliphatic heterocycles. The molecule has 9 heteroatoms. The minimum absolute atomic E-state index is 0.542. The van der Waals surface area contributed by atoms with Gasteiger partial charge in [0.25, 0.3) is 0 Å². The highest BCUT2D eigenvalue weighted by atomic mass is 15.6. The summed E-state index contributed by atoms with van der Waals surface area (Å²) in [4.78, 5) is 0. The van der Waals surface area contributed by atoms with E-state index in [1.165, 1.54) is 4.63 Å². The second-order valence-electron chi connectivity index (χ2n) is 3.78. The molecule has 92 valence electrons. The summed E-state index contributed by atoms with van der Waals surface area (Å²) in [5.74, 6) is 1.30. The number of aromatic nitrogens is 7. The zero-order valence-corrected chi connectivity index (χ0v) is 9.65. The van der Waals surface area contributed by atoms with E-state index in [-0.39, 0.29) is 0 Å². The van der Waals surface area contributed by atoms with Crippen LogP contribution in [0.4, 0.5) is 11.6 Å². The van der Waals surface area contributed by atoms with Gasteiger partial charge in [0, 0.05) is 19.2 Å². The van der Waals surface area contributed by atoms with E-state index in [1.54, 1.807) is 30.1 Å². The van der Waals surface area contributed by atoms with Gasteiger partial charge in [0.15, 0.2) is 5.65 Å². The summed E-state index contributed by atoms with van der Waals surface area (Å²) in [6.45, 7) is 0.542. The van der Waals surface area contributed by atoms with E-state index in [0.29, 0.717) is 23.8 Å². The molecular weight excluding hydrogens is 234 g/mol. The van der Waals surface area contributed by atoms with Crippen LogP contribution in [-0.2, 0) is 13.6 Å². The van der Waals surface area contributed by atoms with E-state index in [4.69, 9.17) is 5.73 Å². The Balaban J connectivity index is 1.78. The van der Waals surface area contributed by atoms with Crippen LogP contribution in [-0.4, -0.2) is 35.0 Å². The average Bonchev–Trinajstić information content (AvgIpc) is 2.96. The molecule has 3 rings (SSSR count). The van der Waals surface area contributed by atoms with E-state index < -0.39 is 0 Å². The lowest BCUT2D eigenvalue weighted by atomic mass is 10.3. The highest BCUT2D eigenvalue weighted by molar-refractivity contribution is 5.45. The zero-order chi connectivity index (χ0) is 12.5. The lowest BCUT2D eigenvalue weighted by Crippen LogP contribution is -2.06. The topological polar surface area (TPSA) is 112 Å². The number of nitrogens with one attached hydrogen (secondary N) is 1. The van der Waals surface area contributed by atoms with E-state index in [0.717, 1.165) is 5.56 Å². The van der Waals surface area contributed by atoms with Gasteiger partial charge in [-0.05, 0) is 22.6 Å². The first kappa shape index (κ1) is 10.4. The highest BCUT2D eigenvalue weighted by Crippen LogP contribution is 2.11. The van der Waals surface area contributed by atoms with Crippen LogP contribution in [0.1, 0.15) is 5.56 Å². The van der Waals surface area contributed by atoms with Crippen molar-refractivity contribution in [1.82, 2.24) is 35.0 Å². The average molecular weight is 245 g/mol. The summed E-state index contributed by atoms with van der Waals surface area (Å²) in [7, 11) is 1.80. The molecule has 0 aliphatic rings. The number of nitrogens with two attached hydrogens (primary N) is 1. The molecule has 0 aliphatic carbocycles. The first-order valence-corrected chi connectivity index (χ1v) is 5.29. The molecule has 0 amide bonds. The van der Waals surface area contributed by atoms with Crippen LogP contribution >= 0.6 is 0 Å². The molecule has 0 fully saturated rings. The van der Waals surface area contributed by atoms with Gasteiger partial charge in [-0.1, -0.05) is 0 Å². The summed E-state index contributed by atoms with van der Waals surface area (Å²) in [6, 6.07) is 3.58. The van der Waals surface area contributed by atoms with Crippen LogP contribution in [0.5, 0.6) is 0 Å². The molecule has 3 aromatic heterocycles. The number of tetrazole rings is 1. The summed E-state index contributed by atoms with van der Waals surface area (Å²) >= 11 is 0. The van der Waals surface area contributed by atoms with Crippen molar-refractivity contribution in [2.24, 2.45) is 7.05 Å². The van der Waals surface area contributed by atoms with Gasteiger partial charge in [-0.2, -0.15) is 5.10 Å². The second kappa shape index (κ2) is 3.95. The number of hydrogen-bond donors (Lipinski definition) is 2. The quantitative estimate of drug-likeness (QED) is 0.636. The zero-order valence-electron chi connectivity index (χ0n) is 9.65. The first-order chi connectivity index (χ1) is 8.74. The van der Waals surface area contributed by atoms with Crippen LogP contribution in [0, 0.1) is 0 Å². The van der Waals surface area contributed by atoms with Crippen molar-refractivity contribution in [2.75, 3.05) is 11.1 Å². The third kappa shape index (κ3) is 1.71. The molecule has 0 aromatic carbocycles. The van der Waals surface area contributed by atoms with Gasteiger partial charge < -0.3 is 11.1 Å². The Kier molecular flexibility index (Phi) is 2.29. The maximum Gasteiger partial charge on any atom is 0.200 e.